The molecule has 0 aromatic carbocycles. The molecule has 0 amide bonds. The molecule has 0 spiro atoms. The number of hydrogen-bond acceptors (Lipinski definition) is 5. The van der Waals surface area contributed by atoms with Crippen molar-refractivity contribution >= 4 is 21.4 Å². The zero-order chi connectivity index (χ0) is 15.8. The van der Waals surface area contributed by atoms with E-state index >= 15 is 0 Å². The predicted molar refractivity (Wildman–Crippen MR) is 85.2 cm³/mol. The molecule has 2 rings (SSSR count). The Morgan fingerprint density at radius 3 is 2.76 bits per heavy atom. The maximum Gasteiger partial charge on any atom is 0.244 e. The molecule has 5 nitrogen and oxygen atoms in total. The summed E-state index contributed by atoms with van der Waals surface area (Å²) in [6.45, 7) is 8.99. The normalized spacial score (nSPS) is 23.4. The number of thiophene rings is 1. The van der Waals surface area contributed by atoms with Crippen LogP contribution >= 0.6 is 11.3 Å². The molecule has 1 aliphatic rings. The first-order valence-corrected chi connectivity index (χ1v) is 9.39. The minimum absolute atomic E-state index is 0.102. The van der Waals surface area contributed by atoms with Crippen molar-refractivity contribution in [2.75, 3.05) is 20.1 Å². The zero-order valence-electron chi connectivity index (χ0n) is 13.3. The number of rotatable bonds is 4. The monoisotopic (exact) mass is 332 g/mol. The highest BCUT2D eigenvalue weighted by Gasteiger charge is 2.39. The quantitative estimate of drug-likeness (QED) is 0.916. The van der Waals surface area contributed by atoms with Gasteiger partial charge in [-0.25, -0.2) is 8.42 Å². The summed E-state index contributed by atoms with van der Waals surface area (Å²) in [4.78, 5) is 1.33. The molecule has 1 aromatic heterocycles. The summed E-state index contributed by atoms with van der Waals surface area (Å²) >= 11 is 1.49. The maximum atomic E-state index is 13.0. The van der Waals surface area contributed by atoms with Gasteiger partial charge in [0.05, 0.1) is 11.7 Å². The van der Waals surface area contributed by atoms with Crippen LogP contribution < -0.4 is 5.32 Å². The second-order valence-electron chi connectivity index (χ2n) is 6.19. The number of ether oxygens (including phenoxy) is 1. The highest BCUT2D eigenvalue weighted by atomic mass is 32.2. The fourth-order valence-corrected chi connectivity index (χ4v) is 6.26. The van der Waals surface area contributed by atoms with E-state index in [2.05, 4.69) is 5.32 Å². The molecule has 21 heavy (non-hydrogen) atoms. The smallest absolute Gasteiger partial charge is 0.244 e. The number of sulfonamides is 1. The van der Waals surface area contributed by atoms with Crippen molar-refractivity contribution in [1.82, 2.24) is 9.62 Å². The summed E-state index contributed by atoms with van der Waals surface area (Å²) in [5.41, 5.74) is 0.361. The molecule has 0 aliphatic carbocycles. The van der Waals surface area contributed by atoms with E-state index in [-0.39, 0.29) is 6.10 Å². The predicted octanol–water partition coefficient (Wildman–Crippen LogP) is 1.96. The molecule has 1 atom stereocenters. The summed E-state index contributed by atoms with van der Waals surface area (Å²) in [6.07, 6.45) is -0.102. The first-order chi connectivity index (χ1) is 9.67. The summed E-state index contributed by atoms with van der Waals surface area (Å²) in [5.74, 6) is 0. The van der Waals surface area contributed by atoms with Crippen LogP contribution in [0.5, 0.6) is 0 Å². The van der Waals surface area contributed by atoms with E-state index < -0.39 is 15.6 Å². The van der Waals surface area contributed by atoms with Crippen molar-refractivity contribution in [3.05, 3.63) is 15.8 Å². The number of nitrogens with one attached hydrogen (secondary N) is 1. The van der Waals surface area contributed by atoms with Gasteiger partial charge in [-0.15, -0.1) is 11.3 Å². The van der Waals surface area contributed by atoms with Crippen molar-refractivity contribution in [3.63, 3.8) is 0 Å². The summed E-state index contributed by atoms with van der Waals surface area (Å²) < 4.78 is 33.5. The molecule has 7 heteroatoms. The second kappa shape index (κ2) is 5.96. The molecule has 2 heterocycles. The Morgan fingerprint density at radius 1 is 1.52 bits per heavy atom. The topological polar surface area (TPSA) is 58.6 Å². The number of nitrogens with zero attached hydrogens (tertiary/aromatic N) is 1. The van der Waals surface area contributed by atoms with Gasteiger partial charge in [-0.1, -0.05) is 0 Å². The third-order valence-electron chi connectivity index (χ3n) is 3.46. The van der Waals surface area contributed by atoms with Crippen LogP contribution in [0.2, 0.25) is 0 Å². The van der Waals surface area contributed by atoms with Gasteiger partial charge in [-0.05, 0) is 45.7 Å². The fraction of sp³-hybridized carbons (Fsp3) is 0.714. The van der Waals surface area contributed by atoms with Crippen molar-refractivity contribution < 1.29 is 13.2 Å². The fourth-order valence-electron chi connectivity index (χ4n) is 2.82. The Labute approximate surface area is 131 Å². The van der Waals surface area contributed by atoms with Gasteiger partial charge in [-0.3, -0.25) is 0 Å². The van der Waals surface area contributed by atoms with Crippen LogP contribution in [0.25, 0.3) is 0 Å². The highest BCUT2D eigenvalue weighted by Crippen LogP contribution is 2.32. The van der Waals surface area contributed by atoms with Gasteiger partial charge >= 0.3 is 0 Å². The Balaban J connectivity index is 2.40. The van der Waals surface area contributed by atoms with E-state index in [0.29, 0.717) is 24.5 Å². The molecule has 1 N–H and O–H groups in total. The molecule has 1 saturated heterocycles. The van der Waals surface area contributed by atoms with Crippen molar-refractivity contribution in [2.24, 2.45) is 0 Å². The Bertz CT molecular complexity index is 608. The molecule has 1 fully saturated rings. The van der Waals surface area contributed by atoms with Crippen LogP contribution in [0.4, 0.5) is 0 Å². The van der Waals surface area contributed by atoms with Crippen LogP contribution in [0, 0.1) is 6.92 Å². The summed E-state index contributed by atoms with van der Waals surface area (Å²) in [5, 5.41) is 4.95. The van der Waals surface area contributed by atoms with E-state index in [1.807, 2.05) is 40.1 Å². The van der Waals surface area contributed by atoms with Crippen LogP contribution in [0.1, 0.15) is 31.2 Å². The van der Waals surface area contributed by atoms with Crippen LogP contribution in [-0.4, -0.2) is 44.6 Å². The van der Waals surface area contributed by atoms with E-state index in [9.17, 15) is 8.42 Å². The summed E-state index contributed by atoms with van der Waals surface area (Å²) in [6, 6.07) is 0. The minimum atomic E-state index is -3.48. The minimum Gasteiger partial charge on any atom is -0.370 e. The van der Waals surface area contributed by atoms with Crippen LogP contribution in [-0.2, 0) is 21.3 Å². The third-order valence-corrected chi connectivity index (χ3v) is 6.74. The molecule has 1 aliphatic heterocycles. The molecule has 1 unspecified atom stereocenters. The van der Waals surface area contributed by atoms with Crippen molar-refractivity contribution in [3.8, 4) is 0 Å². The van der Waals surface area contributed by atoms with Gasteiger partial charge in [0.2, 0.25) is 10.0 Å². The first kappa shape index (κ1) is 16.9. The molecular formula is C14H24N2O3S2. The molecule has 0 saturated carbocycles. The van der Waals surface area contributed by atoms with Gasteiger partial charge in [0, 0.05) is 24.5 Å². The van der Waals surface area contributed by atoms with E-state index in [1.54, 1.807) is 4.31 Å². The van der Waals surface area contributed by atoms with Gasteiger partial charge in [0.1, 0.15) is 4.90 Å². The van der Waals surface area contributed by atoms with Crippen LogP contribution in [0.15, 0.2) is 10.3 Å². The van der Waals surface area contributed by atoms with Gasteiger partial charge in [0.25, 0.3) is 0 Å². The van der Waals surface area contributed by atoms with Crippen molar-refractivity contribution in [2.45, 2.75) is 50.8 Å². The average Bonchev–Trinajstić information content (AvgIpc) is 2.69. The van der Waals surface area contributed by atoms with Crippen LogP contribution in [0.3, 0.4) is 0 Å². The molecule has 1 aromatic rings. The lowest BCUT2D eigenvalue weighted by Gasteiger charge is -2.41. The lowest BCUT2D eigenvalue weighted by atomic mass is 10.1. The van der Waals surface area contributed by atoms with E-state index in [0.717, 1.165) is 10.4 Å². The number of aryl methyl sites for hydroxylation is 1. The molecule has 0 bridgehead atoms. The summed E-state index contributed by atoms with van der Waals surface area (Å²) in [7, 11) is -1.66. The zero-order valence-corrected chi connectivity index (χ0v) is 14.9. The average molecular weight is 332 g/mol. The number of hydrogen-bond donors (Lipinski definition) is 1. The lowest BCUT2D eigenvalue weighted by molar-refractivity contribution is -0.109. The first-order valence-electron chi connectivity index (χ1n) is 7.07. The van der Waals surface area contributed by atoms with Gasteiger partial charge in [-0.2, -0.15) is 4.31 Å². The maximum absolute atomic E-state index is 13.0. The Hall–Kier alpha value is -0.470. The van der Waals surface area contributed by atoms with Crippen molar-refractivity contribution in [1.29, 1.82) is 0 Å². The van der Waals surface area contributed by atoms with Gasteiger partial charge < -0.3 is 10.1 Å². The Kier molecular flexibility index (Phi) is 4.80. The highest BCUT2D eigenvalue weighted by molar-refractivity contribution is 7.89. The van der Waals surface area contributed by atoms with E-state index in [4.69, 9.17) is 4.74 Å². The second-order valence-corrected chi connectivity index (χ2v) is 9.03. The standard InChI is InChI=1S/C14H24N2O3S2/c1-10-8-20-12(6-15-5)13(10)21(17,18)16-7-11(2)19-14(3,4)9-16/h8,11,15H,6-7,9H2,1-5H3. The molecule has 0 radical (unpaired) electrons. The molecule has 120 valence electrons. The lowest BCUT2D eigenvalue weighted by Crippen LogP contribution is -2.53. The SMILES string of the molecule is CNCc1scc(C)c1S(=O)(=O)N1CC(C)OC(C)(C)C1. The molecular weight excluding hydrogens is 308 g/mol. The number of morpholine rings is 1. The Morgan fingerprint density at radius 2 is 2.19 bits per heavy atom. The van der Waals surface area contributed by atoms with Gasteiger partial charge in [0.15, 0.2) is 0 Å². The largest absolute Gasteiger partial charge is 0.370 e. The van der Waals surface area contributed by atoms with E-state index in [1.165, 1.54) is 11.3 Å². The third kappa shape index (κ3) is 3.48.